The molecule has 1 rings (SSSR count). The molecule has 0 N–H and O–H groups in total. The van der Waals surface area contributed by atoms with Gasteiger partial charge in [-0.1, -0.05) is 24.1 Å². The molecular formula is C19H24O4. The summed E-state index contributed by atoms with van der Waals surface area (Å²) in [4.78, 5) is 24.1. The van der Waals surface area contributed by atoms with E-state index in [9.17, 15) is 9.59 Å². The number of carbonyl (C=O) groups is 2. The molecule has 0 saturated carbocycles. The minimum absolute atomic E-state index is 0.480. The van der Waals surface area contributed by atoms with Crippen LogP contribution in [-0.2, 0) is 19.1 Å². The summed E-state index contributed by atoms with van der Waals surface area (Å²) in [5, 5.41) is 0. The third-order valence-corrected chi connectivity index (χ3v) is 2.76. The summed E-state index contributed by atoms with van der Waals surface area (Å²) in [5.74, 6) is 4.60. The lowest BCUT2D eigenvalue weighted by molar-refractivity contribution is -0.188. The molecule has 0 aliphatic carbocycles. The molecule has 0 bridgehead atoms. The van der Waals surface area contributed by atoms with E-state index in [0.29, 0.717) is 0 Å². The number of hydrogen-bond acceptors (Lipinski definition) is 4. The van der Waals surface area contributed by atoms with Crippen molar-refractivity contribution in [2.75, 3.05) is 0 Å². The SMILES string of the molecule is CC(C)(C)C(=O)OC(C#Cc1ccccc1)OC(=O)C(C)(C)C. The van der Waals surface area contributed by atoms with Crippen LogP contribution in [0.1, 0.15) is 47.1 Å². The second kappa shape index (κ2) is 7.32. The third-order valence-electron chi connectivity index (χ3n) is 2.76. The summed E-state index contributed by atoms with van der Waals surface area (Å²) in [6.07, 6.45) is -1.23. The zero-order valence-electron chi connectivity index (χ0n) is 14.6. The molecular weight excluding hydrogens is 292 g/mol. The highest BCUT2D eigenvalue weighted by Gasteiger charge is 2.30. The lowest BCUT2D eigenvalue weighted by Gasteiger charge is -2.23. The number of esters is 2. The Morgan fingerprint density at radius 3 is 1.70 bits per heavy atom. The van der Waals surface area contributed by atoms with E-state index in [1.807, 2.05) is 30.3 Å². The molecule has 0 heterocycles. The molecule has 0 saturated heterocycles. The predicted molar refractivity (Wildman–Crippen MR) is 88.2 cm³/mol. The van der Waals surface area contributed by atoms with E-state index in [1.165, 1.54) is 0 Å². The van der Waals surface area contributed by atoms with Crippen LogP contribution in [0.2, 0.25) is 0 Å². The van der Waals surface area contributed by atoms with Gasteiger partial charge in [0.25, 0.3) is 0 Å². The van der Waals surface area contributed by atoms with Crippen molar-refractivity contribution in [1.29, 1.82) is 0 Å². The monoisotopic (exact) mass is 316 g/mol. The minimum Gasteiger partial charge on any atom is -0.413 e. The van der Waals surface area contributed by atoms with E-state index in [-0.39, 0.29) is 0 Å². The molecule has 0 fully saturated rings. The van der Waals surface area contributed by atoms with Crippen LogP contribution >= 0.6 is 0 Å². The van der Waals surface area contributed by atoms with Gasteiger partial charge in [-0.3, -0.25) is 9.59 Å². The van der Waals surface area contributed by atoms with Gasteiger partial charge in [0, 0.05) is 5.56 Å². The Morgan fingerprint density at radius 2 is 1.30 bits per heavy atom. The second-order valence-corrected chi connectivity index (χ2v) is 7.28. The van der Waals surface area contributed by atoms with Crippen LogP contribution in [0.4, 0.5) is 0 Å². The normalized spacial score (nSPS) is 11.4. The molecule has 1 aromatic carbocycles. The Labute approximate surface area is 138 Å². The Morgan fingerprint density at radius 1 is 0.870 bits per heavy atom. The zero-order valence-corrected chi connectivity index (χ0v) is 14.6. The van der Waals surface area contributed by atoms with Crippen LogP contribution < -0.4 is 0 Å². The van der Waals surface area contributed by atoms with Crippen molar-refractivity contribution in [3.63, 3.8) is 0 Å². The van der Waals surface area contributed by atoms with Gasteiger partial charge in [0.1, 0.15) is 0 Å². The lowest BCUT2D eigenvalue weighted by atomic mass is 9.97. The standard InChI is InChI=1S/C19H24O4/c1-18(2,3)16(20)22-15(23-17(21)19(4,5)6)13-12-14-10-8-7-9-11-14/h7-11,15H,1-6H3. The first-order chi connectivity index (χ1) is 10.5. The van der Waals surface area contributed by atoms with Gasteiger partial charge in [-0.05, 0) is 59.6 Å². The Balaban J connectivity index is 2.95. The van der Waals surface area contributed by atoms with Crippen LogP contribution in [0.3, 0.4) is 0 Å². The zero-order chi connectivity index (χ0) is 17.7. The quantitative estimate of drug-likeness (QED) is 0.476. The maximum absolute atomic E-state index is 12.0. The smallest absolute Gasteiger partial charge is 0.315 e. The highest BCUT2D eigenvalue weighted by molar-refractivity contribution is 5.77. The Hall–Kier alpha value is -2.28. The van der Waals surface area contributed by atoms with Crippen molar-refractivity contribution in [2.45, 2.75) is 47.8 Å². The predicted octanol–water partition coefficient (Wildman–Crippen LogP) is 3.54. The van der Waals surface area contributed by atoms with Gasteiger partial charge >= 0.3 is 18.2 Å². The fraction of sp³-hybridized carbons (Fsp3) is 0.474. The van der Waals surface area contributed by atoms with Gasteiger partial charge in [0.05, 0.1) is 10.8 Å². The van der Waals surface area contributed by atoms with Crippen molar-refractivity contribution in [3.8, 4) is 11.8 Å². The molecule has 124 valence electrons. The van der Waals surface area contributed by atoms with Gasteiger partial charge in [0.2, 0.25) is 0 Å². The third kappa shape index (κ3) is 6.56. The van der Waals surface area contributed by atoms with Crippen LogP contribution in [0.15, 0.2) is 30.3 Å². The van der Waals surface area contributed by atoms with Gasteiger partial charge in [-0.2, -0.15) is 0 Å². The molecule has 1 aromatic rings. The van der Waals surface area contributed by atoms with E-state index >= 15 is 0 Å². The fourth-order valence-corrected chi connectivity index (χ4v) is 1.29. The summed E-state index contributed by atoms with van der Waals surface area (Å²) in [7, 11) is 0. The fourth-order valence-electron chi connectivity index (χ4n) is 1.29. The molecule has 0 radical (unpaired) electrons. The maximum atomic E-state index is 12.0. The van der Waals surface area contributed by atoms with Crippen molar-refractivity contribution in [3.05, 3.63) is 35.9 Å². The van der Waals surface area contributed by atoms with Crippen LogP contribution in [0, 0.1) is 22.7 Å². The number of hydrogen-bond donors (Lipinski definition) is 0. The Bertz CT molecular complexity index is 579. The first-order valence-electron chi connectivity index (χ1n) is 7.49. The number of carbonyl (C=O) groups excluding carboxylic acids is 2. The van der Waals surface area contributed by atoms with Crippen molar-refractivity contribution >= 4 is 11.9 Å². The average Bonchev–Trinajstić information content (AvgIpc) is 2.43. The van der Waals surface area contributed by atoms with Crippen LogP contribution in [0.5, 0.6) is 0 Å². The van der Waals surface area contributed by atoms with Gasteiger partial charge < -0.3 is 9.47 Å². The first-order valence-corrected chi connectivity index (χ1v) is 7.49. The van der Waals surface area contributed by atoms with Crippen molar-refractivity contribution in [2.24, 2.45) is 10.8 Å². The average molecular weight is 316 g/mol. The lowest BCUT2D eigenvalue weighted by Crippen LogP contribution is -2.33. The van der Waals surface area contributed by atoms with Crippen LogP contribution in [-0.4, -0.2) is 18.2 Å². The van der Waals surface area contributed by atoms with Gasteiger partial charge in [0.15, 0.2) is 0 Å². The van der Waals surface area contributed by atoms with E-state index in [1.54, 1.807) is 41.5 Å². The summed E-state index contributed by atoms with van der Waals surface area (Å²) in [6.45, 7) is 10.3. The first kappa shape index (κ1) is 18.8. The maximum Gasteiger partial charge on any atom is 0.315 e. The largest absolute Gasteiger partial charge is 0.413 e. The van der Waals surface area contributed by atoms with Crippen molar-refractivity contribution in [1.82, 2.24) is 0 Å². The topological polar surface area (TPSA) is 52.6 Å². The van der Waals surface area contributed by atoms with Crippen LogP contribution in [0.25, 0.3) is 0 Å². The van der Waals surface area contributed by atoms with E-state index < -0.39 is 29.1 Å². The number of ether oxygens (including phenoxy) is 2. The van der Waals surface area contributed by atoms with E-state index in [0.717, 1.165) is 5.56 Å². The van der Waals surface area contributed by atoms with Gasteiger partial charge in [-0.15, -0.1) is 0 Å². The second-order valence-electron chi connectivity index (χ2n) is 7.28. The van der Waals surface area contributed by atoms with Gasteiger partial charge in [-0.25, -0.2) is 0 Å². The summed E-state index contributed by atoms with van der Waals surface area (Å²) < 4.78 is 10.5. The molecule has 0 unspecified atom stereocenters. The number of rotatable bonds is 2. The summed E-state index contributed by atoms with van der Waals surface area (Å²) >= 11 is 0. The molecule has 4 heteroatoms. The molecule has 0 atom stereocenters. The molecule has 4 nitrogen and oxygen atoms in total. The minimum atomic E-state index is -1.23. The highest BCUT2D eigenvalue weighted by atomic mass is 16.7. The molecule has 0 aromatic heterocycles. The van der Waals surface area contributed by atoms with E-state index in [2.05, 4.69) is 11.8 Å². The summed E-state index contributed by atoms with van der Waals surface area (Å²) in [5.41, 5.74) is -0.669. The molecule has 0 amide bonds. The molecule has 0 aliphatic heterocycles. The van der Waals surface area contributed by atoms with Crippen molar-refractivity contribution < 1.29 is 19.1 Å². The highest BCUT2D eigenvalue weighted by Crippen LogP contribution is 2.20. The van der Waals surface area contributed by atoms with E-state index in [4.69, 9.17) is 9.47 Å². The molecule has 0 spiro atoms. The molecule has 0 aliphatic rings. The Kier molecular flexibility index (Phi) is 5.98. The summed E-state index contributed by atoms with van der Waals surface area (Å²) in [6, 6.07) is 9.22. The number of benzene rings is 1. The molecule has 23 heavy (non-hydrogen) atoms.